The average molecular weight is 324 g/mol. The highest BCUT2D eigenvalue weighted by molar-refractivity contribution is 6.17. The van der Waals surface area contributed by atoms with Crippen LogP contribution in [0.4, 0.5) is 0 Å². The lowest BCUT2D eigenvalue weighted by atomic mass is 9.98. The first-order valence-corrected chi connectivity index (χ1v) is 7.57. The largest absolute Gasteiger partial charge is 0.481 e. The van der Waals surface area contributed by atoms with Gasteiger partial charge in [0.1, 0.15) is 12.0 Å². The predicted octanol–water partition coefficient (Wildman–Crippen LogP) is 3.61. The molecule has 1 heterocycles. The van der Waals surface area contributed by atoms with Gasteiger partial charge in [-0.2, -0.15) is 0 Å². The minimum Gasteiger partial charge on any atom is -0.481 e. The lowest BCUT2D eigenvalue weighted by Gasteiger charge is -2.11. The summed E-state index contributed by atoms with van der Waals surface area (Å²) in [6.07, 6.45) is 2.88. The van der Waals surface area contributed by atoms with Gasteiger partial charge in [0.25, 0.3) is 0 Å². The number of rotatable bonds is 6. The molecule has 0 atom stereocenters. The summed E-state index contributed by atoms with van der Waals surface area (Å²) in [5.41, 5.74) is 1.04. The minimum atomic E-state index is -0.430. The zero-order valence-electron chi connectivity index (χ0n) is 13.2. The second-order valence-corrected chi connectivity index (χ2v) is 5.09. The highest BCUT2D eigenvalue weighted by Crippen LogP contribution is 2.30. The molecular formula is C19H16O5. The van der Waals surface area contributed by atoms with Crippen LogP contribution in [0.15, 0.2) is 59.4 Å². The van der Waals surface area contributed by atoms with Crippen molar-refractivity contribution >= 4 is 22.5 Å². The highest BCUT2D eigenvalue weighted by atomic mass is 16.6. The van der Waals surface area contributed by atoms with Crippen LogP contribution in [0.2, 0.25) is 0 Å². The molecule has 0 spiro atoms. The van der Waals surface area contributed by atoms with Gasteiger partial charge < -0.3 is 13.9 Å². The fraction of sp³-hybridized carbons (Fsp3) is 0.158. The van der Waals surface area contributed by atoms with Crippen LogP contribution in [-0.4, -0.2) is 25.0 Å². The molecule has 0 amide bonds. The van der Waals surface area contributed by atoms with Crippen LogP contribution in [0.25, 0.3) is 10.8 Å². The van der Waals surface area contributed by atoms with Crippen molar-refractivity contribution in [2.24, 2.45) is 0 Å². The molecule has 5 heteroatoms. The summed E-state index contributed by atoms with van der Waals surface area (Å²) in [5, 5.41) is 1.52. The standard InChI is InChI=1S/C19H16O5/c1-2-23-18(20)12-24-17-8-7-16(14-5-3-4-6-15(14)17)19(21)13-9-10-22-11-13/h3-11H,2,12H2,1H3. The van der Waals surface area contributed by atoms with Crippen LogP contribution in [0.3, 0.4) is 0 Å². The molecule has 0 aliphatic heterocycles. The van der Waals surface area contributed by atoms with E-state index in [4.69, 9.17) is 13.9 Å². The topological polar surface area (TPSA) is 65.7 Å². The zero-order valence-corrected chi connectivity index (χ0v) is 13.2. The maximum atomic E-state index is 12.6. The number of esters is 1. The highest BCUT2D eigenvalue weighted by Gasteiger charge is 2.16. The molecule has 0 N–H and O–H groups in total. The van der Waals surface area contributed by atoms with Gasteiger partial charge in [-0.3, -0.25) is 4.79 Å². The molecule has 0 aliphatic rings. The lowest BCUT2D eigenvalue weighted by Crippen LogP contribution is -2.14. The number of hydrogen-bond acceptors (Lipinski definition) is 5. The number of carbonyl (C=O) groups is 2. The number of furan rings is 1. The molecule has 24 heavy (non-hydrogen) atoms. The van der Waals surface area contributed by atoms with Crippen molar-refractivity contribution < 1.29 is 23.5 Å². The summed E-state index contributed by atoms with van der Waals surface area (Å²) in [7, 11) is 0. The number of fused-ring (bicyclic) bond motifs is 1. The Morgan fingerprint density at radius 2 is 1.83 bits per heavy atom. The van der Waals surface area contributed by atoms with Crippen molar-refractivity contribution in [2.75, 3.05) is 13.2 Å². The van der Waals surface area contributed by atoms with E-state index in [0.29, 0.717) is 23.5 Å². The molecule has 0 saturated carbocycles. The van der Waals surface area contributed by atoms with Crippen LogP contribution < -0.4 is 4.74 Å². The number of benzene rings is 2. The van der Waals surface area contributed by atoms with E-state index in [9.17, 15) is 9.59 Å². The third kappa shape index (κ3) is 3.15. The van der Waals surface area contributed by atoms with E-state index in [-0.39, 0.29) is 12.4 Å². The SMILES string of the molecule is CCOC(=O)COc1ccc(C(=O)c2ccoc2)c2ccccc12. The Morgan fingerprint density at radius 1 is 1.04 bits per heavy atom. The van der Waals surface area contributed by atoms with Gasteiger partial charge in [-0.05, 0) is 30.5 Å². The van der Waals surface area contributed by atoms with Gasteiger partial charge in [0, 0.05) is 10.9 Å². The van der Waals surface area contributed by atoms with Gasteiger partial charge in [0.15, 0.2) is 12.4 Å². The minimum absolute atomic E-state index is 0.128. The summed E-state index contributed by atoms with van der Waals surface area (Å²) in [6, 6.07) is 12.4. The van der Waals surface area contributed by atoms with Crippen LogP contribution >= 0.6 is 0 Å². The number of ether oxygens (including phenoxy) is 2. The van der Waals surface area contributed by atoms with Crippen molar-refractivity contribution in [1.82, 2.24) is 0 Å². The van der Waals surface area contributed by atoms with Crippen molar-refractivity contribution in [3.63, 3.8) is 0 Å². The molecule has 0 aliphatic carbocycles. The van der Waals surface area contributed by atoms with Gasteiger partial charge in [0.05, 0.1) is 18.4 Å². The van der Waals surface area contributed by atoms with Crippen LogP contribution in [0.5, 0.6) is 5.75 Å². The van der Waals surface area contributed by atoms with E-state index in [1.54, 1.807) is 25.1 Å². The fourth-order valence-corrected chi connectivity index (χ4v) is 2.48. The van der Waals surface area contributed by atoms with Gasteiger partial charge in [-0.15, -0.1) is 0 Å². The van der Waals surface area contributed by atoms with Crippen molar-refractivity contribution in [3.8, 4) is 5.75 Å². The summed E-state index contributed by atoms with van der Waals surface area (Å²) in [5.74, 6) is -0.0283. The van der Waals surface area contributed by atoms with Crippen molar-refractivity contribution in [1.29, 1.82) is 0 Å². The second kappa shape index (κ2) is 7.00. The second-order valence-electron chi connectivity index (χ2n) is 5.09. The molecule has 5 nitrogen and oxygen atoms in total. The molecule has 0 unspecified atom stereocenters. The molecule has 0 bridgehead atoms. The number of hydrogen-bond donors (Lipinski definition) is 0. The Balaban J connectivity index is 1.95. The number of carbonyl (C=O) groups excluding carboxylic acids is 2. The quantitative estimate of drug-likeness (QED) is 0.512. The third-order valence-electron chi connectivity index (χ3n) is 3.56. The molecule has 3 aromatic rings. The normalized spacial score (nSPS) is 10.5. The van der Waals surface area contributed by atoms with Crippen LogP contribution in [0, 0.1) is 0 Å². The first-order valence-electron chi connectivity index (χ1n) is 7.57. The van der Waals surface area contributed by atoms with E-state index >= 15 is 0 Å². The smallest absolute Gasteiger partial charge is 0.344 e. The molecule has 3 rings (SSSR count). The first-order chi connectivity index (χ1) is 11.7. The first kappa shape index (κ1) is 15.8. The molecule has 0 saturated heterocycles. The summed E-state index contributed by atoms with van der Waals surface area (Å²) < 4.78 is 15.4. The molecule has 0 fully saturated rings. The van der Waals surface area contributed by atoms with E-state index in [1.165, 1.54) is 12.5 Å². The maximum absolute atomic E-state index is 12.6. The maximum Gasteiger partial charge on any atom is 0.344 e. The fourth-order valence-electron chi connectivity index (χ4n) is 2.48. The summed E-state index contributed by atoms with van der Waals surface area (Å²) >= 11 is 0. The van der Waals surface area contributed by atoms with E-state index in [2.05, 4.69) is 0 Å². The monoisotopic (exact) mass is 324 g/mol. The summed E-state index contributed by atoms with van der Waals surface area (Å²) in [4.78, 5) is 24.1. The average Bonchev–Trinajstić information content (AvgIpc) is 3.14. The van der Waals surface area contributed by atoms with Gasteiger partial charge in [0.2, 0.25) is 0 Å². The summed E-state index contributed by atoms with van der Waals surface area (Å²) in [6.45, 7) is 1.87. The Kier molecular flexibility index (Phi) is 4.61. The van der Waals surface area contributed by atoms with Gasteiger partial charge in [-0.1, -0.05) is 24.3 Å². The lowest BCUT2D eigenvalue weighted by molar-refractivity contribution is -0.145. The molecule has 1 aromatic heterocycles. The van der Waals surface area contributed by atoms with Crippen LogP contribution in [0.1, 0.15) is 22.8 Å². The zero-order chi connectivity index (χ0) is 16.9. The molecule has 2 aromatic carbocycles. The van der Waals surface area contributed by atoms with E-state index < -0.39 is 5.97 Å². The number of ketones is 1. The predicted molar refractivity (Wildman–Crippen MR) is 88.2 cm³/mol. The van der Waals surface area contributed by atoms with Gasteiger partial charge in [-0.25, -0.2) is 4.79 Å². The Bertz CT molecular complexity index is 865. The van der Waals surface area contributed by atoms with E-state index in [1.807, 2.05) is 24.3 Å². The molecule has 122 valence electrons. The third-order valence-corrected chi connectivity index (χ3v) is 3.56. The molecule has 0 radical (unpaired) electrons. The molecular weight excluding hydrogens is 308 g/mol. The van der Waals surface area contributed by atoms with Crippen molar-refractivity contribution in [2.45, 2.75) is 6.92 Å². The Morgan fingerprint density at radius 3 is 2.54 bits per heavy atom. The van der Waals surface area contributed by atoms with Gasteiger partial charge >= 0.3 is 5.97 Å². The van der Waals surface area contributed by atoms with E-state index in [0.717, 1.165) is 10.8 Å². The van der Waals surface area contributed by atoms with Crippen LogP contribution in [-0.2, 0) is 9.53 Å². The Labute approximate surface area is 138 Å². The Hall–Kier alpha value is -3.08. The van der Waals surface area contributed by atoms with Crippen molar-refractivity contribution in [3.05, 3.63) is 66.1 Å².